The maximum Gasteiger partial charge on any atom is 0.284 e. The molecular weight excluding hydrogens is 378 g/mol. The molecule has 142 valence electrons. The molecule has 1 fully saturated rings. The average Bonchev–Trinajstić information content (AvgIpc) is 3.33. The SMILES string of the molecule is CC[C@H](C)N(C(=O)CSc1nnc(-c2ccco2)o1)[C@@H]1CCS(=O)(=O)C1. The van der Waals surface area contributed by atoms with E-state index in [1.165, 1.54) is 6.26 Å². The molecule has 0 bridgehead atoms. The number of hydrogen-bond acceptors (Lipinski definition) is 8. The Kier molecular flexibility index (Phi) is 5.71. The third kappa shape index (κ3) is 4.29. The molecule has 3 rings (SSSR count). The molecule has 2 aromatic heterocycles. The van der Waals surface area contributed by atoms with Gasteiger partial charge in [0.05, 0.1) is 23.5 Å². The number of amides is 1. The quantitative estimate of drug-likeness (QED) is 0.653. The number of furan rings is 1. The summed E-state index contributed by atoms with van der Waals surface area (Å²) >= 11 is 1.14. The van der Waals surface area contributed by atoms with Crippen molar-refractivity contribution >= 4 is 27.5 Å². The predicted molar refractivity (Wildman–Crippen MR) is 96.4 cm³/mol. The zero-order chi connectivity index (χ0) is 18.7. The van der Waals surface area contributed by atoms with Crippen LogP contribution in [0.25, 0.3) is 11.7 Å². The van der Waals surface area contributed by atoms with Crippen LogP contribution in [-0.2, 0) is 14.6 Å². The van der Waals surface area contributed by atoms with Gasteiger partial charge in [-0.2, -0.15) is 0 Å². The molecule has 2 atom stereocenters. The van der Waals surface area contributed by atoms with Gasteiger partial charge in [-0.25, -0.2) is 8.42 Å². The van der Waals surface area contributed by atoms with E-state index in [1.807, 2.05) is 13.8 Å². The van der Waals surface area contributed by atoms with E-state index < -0.39 is 9.84 Å². The molecule has 0 spiro atoms. The first-order chi connectivity index (χ1) is 12.4. The third-order valence-corrected chi connectivity index (χ3v) is 6.97. The van der Waals surface area contributed by atoms with E-state index in [1.54, 1.807) is 17.0 Å². The Morgan fingerprint density at radius 1 is 1.46 bits per heavy atom. The van der Waals surface area contributed by atoms with Gasteiger partial charge in [0.2, 0.25) is 5.91 Å². The van der Waals surface area contributed by atoms with Crippen molar-refractivity contribution in [2.45, 2.75) is 44.0 Å². The van der Waals surface area contributed by atoms with Crippen LogP contribution in [0.15, 0.2) is 32.5 Å². The van der Waals surface area contributed by atoms with Crippen LogP contribution in [-0.4, -0.2) is 58.8 Å². The molecule has 10 heteroatoms. The molecule has 0 aliphatic carbocycles. The first-order valence-electron chi connectivity index (χ1n) is 8.41. The standard InChI is InChI=1S/C16H21N3O5S2/c1-3-11(2)19(12-6-8-26(21,22)10-12)14(20)9-25-16-18-17-15(24-16)13-5-4-7-23-13/h4-5,7,11-12H,3,6,8-10H2,1-2H3/t11-,12+/m0/s1. The summed E-state index contributed by atoms with van der Waals surface area (Å²) in [5.74, 6) is 0.890. The lowest BCUT2D eigenvalue weighted by Gasteiger charge is -2.33. The van der Waals surface area contributed by atoms with Gasteiger partial charge in [0.1, 0.15) is 0 Å². The van der Waals surface area contributed by atoms with Gasteiger partial charge in [-0.15, -0.1) is 10.2 Å². The molecule has 0 N–H and O–H groups in total. The van der Waals surface area contributed by atoms with Crippen LogP contribution in [0, 0.1) is 0 Å². The van der Waals surface area contributed by atoms with Gasteiger partial charge in [0, 0.05) is 12.1 Å². The number of aromatic nitrogens is 2. The summed E-state index contributed by atoms with van der Waals surface area (Å²) in [6.07, 6.45) is 2.76. The van der Waals surface area contributed by atoms with Crippen molar-refractivity contribution in [1.82, 2.24) is 15.1 Å². The van der Waals surface area contributed by atoms with E-state index in [9.17, 15) is 13.2 Å². The molecular formula is C16H21N3O5S2. The second kappa shape index (κ2) is 7.83. The van der Waals surface area contributed by atoms with E-state index in [-0.39, 0.29) is 46.4 Å². The van der Waals surface area contributed by atoms with Crippen LogP contribution >= 0.6 is 11.8 Å². The zero-order valence-electron chi connectivity index (χ0n) is 14.6. The molecule has 0 saturated carbocycles. The van der Waals surface area contributed by atoms with Crippen LogP contribution in [0.2, 0.25) is 0 Å². The Labute approximate surface area is 156 Å². The average molecular weight is 399 g/mol. The summed E-state index contributed by atoms with van der Waals surface area (Å²) in [5, 5.41) is 8.07. The second-order valence-corrected chi connectivity index (χ2v) is 9.41. The second-order valence-electron chi connectivity index (χ2n) is 6.25. The Hall–Kier alpha value is -1.81. The summed E-state index contributed by atoms with van der Waals surface area (Å²) in [6, 6.07) is 3.14. The van der Waals surface area contributed by atoms with Crippen molar-refractivity contribution in [2.24, 2.45) is 0 Å². The van der Waals surface area contributed by atoms with Crippen molar-refractivity contribution in [2.75, 3.05) is 17.3 Å². The van der Waals surface area contributed by atoms with Gasteiger partial charge >= 0.3 is 0 Å². The van der Waals surface area contributed by atoms with Crippen molar-refractivity contribution in [3.05, 3.63) is 18.4 Å². The fraction of sp³-hybridized carbons (Fsp3) is 0.562. The molecule has 2 aromatic rings. The van der Waals surface area contributed by atoms with Crippen molar-refractivity contribution in [3.8, 4) is 11.7 Å². The summed E-state index contributed by atoms with van der Waals surface area (Å²) in [6.45, 7) is 3.92. The summed E-state index contributed by atoms with van der Waals surface area (Å²) in [5.41, 5.74) is 0. The van der Waals surface area contributed by atoms with Gasteiger partial charge in [-0.1, -0.05) is 18.7 Å². The van der Waals surface area contributed by atoms with Gasteiger partial charge in [0.25, 0.3) is 11.1 Å². The largest absolute Gasteiger partial charge is 0.459 e. The summed E-state index contributed by atoms with van der Waals surface area (Å²) in [7, 11) is -3.06. The molecule has 0 unspecified atom stereocenters. The van der Waals surface area contributed by atoms with Crippen LogP contribution < -0.4 is 0 Å². The van der Waals surface area contributed by atoms with Gasteiger partial charge in [-0.3, -0.25) is 4.79 Å². The lowest BCUT2D eigenvalue weighted by atomic mass is 10.1. The molecule has 26 heavy (non-hydrogen) atoms. The molecule has 1 amide bonds. The molecule has 0 aromatic carbocycles. The Bertz CT molecular complexity index is 847. The maximum absolute atomic E-state index is 12.8. The highest BCUT2D eigenvalue weighted by molar-refractivity contribution is 7.99. The van der Waals surface area contributed by atoms with Crippen LogP contribution in [0.4, 0.5) is 0 Å². The van der Waals surface area contributed by atoms with Crippen molar-refractivity contribution in [1.29, 1.82) is 0 Å². The van der Waals surface area contributed by atoms with Gasteiger partial charge in [0.15, 0.2) is 15.6 Å². The van der Waals surface area contributed by atoms with E-state index in [2.05, 4.69) is 10.2 Å². The van der Waals surface area contributed by atoms with Gasteiger partial charge < -0.3 is 13.7 Å². The first kappa shape index (κ1) is 19.0. The summed E-state index contributed by atoms with van der Waals surface area (Å²) in [4.78, 5) is 14.5. The van der Waals surface area contributed by atoms with E-state index in [0.29, 0.717) is 12.2 Å². The fourth-order valence-corrected chi connectivity index (χ4v) is 5.31. The maximum atomic E-state index is 12.8. The molecule has 1 saturated heterocycles. The van der Waals surface area contributed by atoms with Crippen molar-refractivity contribution in [3.63, 3.8) is 0 Å². The predicted octanol–water partition coefficient (Wildman–Crippen LogP) is 2.24. The Morgan fingerprint density at radius 3 is 2.88 bits per heavy atom. The number of thioether (sulfide) groups is 1. The monoisotopic (exact) mass is 399 g/mol. The number of carbonyl (C=O) groups excluding carboxylic acids is 1. The number of carbonyl (C=O) groups is 1. The Morgan fingerprint density at radius 2 is 2.27 bits per heavy atom. The lowest BCUT2D eigenvalue weighted by molar-refractivity contribution is -0.132. The number of nitrogens with zero attached hydrogens (tertiary/aromatic N) is 3. The minimum atomic E-state index is -3.06. The fourth-order valence-electron chi connectivity index (χ4n) is 2.97. The molecule has 8 nitrogen and oxygen atoms in total. The van der Waals surface area contributed by atoms with Crippen LogP contribution in [0.5, 0.6) is 0 Å². The smallest absolute Gasteiger partial charge is 0.284 e. The zero-order valence-corrected chi connectivity index (χ0v) is 16.3. The third-order valence-electron chi connectivity index (χ3n) is 4.41. The molecule has 1 aliphatic heterocycles. The first-order valence-corrected chi connectivity index (χ1v) is 11.2. The summed E-state index contributed by atoms with van der Waals surface area (Å²) < 4.78 is 34.3. The highest BCUT2D eigenvalue weighted by atomic mass is 32.2. The topological polar surface area (TPSA) is 107 Å². The van der Waals surface area contributed by atoms with E-state index >= 15 is 0 Å². The highest BCUT2D eigenvalue weighted by Crippen LogP contribution is 2.26. The van der Waals surface area contributed by atoms with E-state index in [0.717, 1.165) is 18.2 Å². The van der Waals surface area contributed by atoms with Crippen LogP contribution in [0.3, 0.4) is 0 Å². The normalized spacial score (nSPS) is 20.2. The molecule has 3 heterocycles. The molecule has 1 aliphatic rings. The molecule has 0 radical (unpaired) electrons. The van der Waals surface area contributed by atoms with Crippen molar-refractivity contribution < 1.29 is 22.0 Å². The highest BCUT2D eigenvalue weighted by Gasteiger charge is 2.36. The number of hydrogen-bond donors (Lipinski definition) is 0. The van der Waals surface area contributed by atoms with Crippen LogP contribution in [0.1, 0.15) is 26.7 Å². The lowest BCUT2D eigenvalue weighted by Crippen LogP contribution is -2.47. The van der Waals surface area contributed by atoms with Gasteiger partial charge in [-0.05, 0) is 31.9 Å². The number of sulfone groups is 1. The minimum absolute atomic E-state index is 0.0252. The minimum Gasteiger partial charge on any atom is -0.459 e. The van der Waals surface area contributed by atoms with E-state index in [4.69, 9.17) is 8.83 Å². The number of rotatable bonds is 7. The Balaban J connectivity index is 1.64.